The summed E-state index contributed by atoms with van der Waals surface area (Å²) < 4.78 is 13.6. The number of amides is 1. The lowest BCUT2D eigenvalue weighted by Crippen LogP contribution is -2.52. The van der Waals surface area contributed by atoms with E-state index in [4.69, 9.17) is 9.47 Å². The van der Waals surface area contributed by atoms with Gasteiger partial charge in [0.15, 0.2) is 0 Å². The van der Waals surface area contributed by atoms with Crippen LogP contribution in [0.25, 0.3) is 10.9 Å². The van der Waals surface area contributed by atoms with Crippen LogP contribution in [-0.2, 0) is 22.5 Å². The summed E-state index contributed by atoms with van der Waals surface area (Å²) in [6.07, 6.45) is 4.54. The van der Waals surface area contributed by atoms with Crippen molar-refractivity contribution >= 4 is 16.8 Å². The summed E-state index contributed by atoms with van der Waals surface area (Å²) in [5.74, 6) is 1.05. The molecule has 1 aromatic carbocycles. The Morgan fingerprint density at radius 1 is 1.29 bits per heavy atom. The summed E-state index contributed by atoms with van der Waals surface area (Å²) >= 11 is 0. The zero-order valence-electron chi connectivity index (χ0n) is 19.7. The number of ether oxygens (including phenoxy) is 2. The van der Waals surface area contributed by atoms with Crippen molar-refractivity contribution in [1.82, 2.24) is 14.8 Å². The molecular formula is C25H39N3O3. The van der Waals surface area contributed by atoms with Gasteiger partial charge in [0.05, 0.1) is 24.2 Å². The number of piperidine rings is 1. The molecule has 0 bridgehead atoms. The number of aryl methyl sites for hydroxylation is 1. The third-order valence-corrected chi connectivity index (χ3v) is 6.12. The molecule has 1 aromatic heterocycles. The Balaban J connectivity index is 1.94. The molecule has 1 atom stereocenters. The second-order valence-corrected chi connectivity index (χ2v) is 8.65. The first kappa shape index (κ1) is 23.6. The lowest BCUT2D eigenvalue weighted by molar-refractivity contribution is -0.135. The van der Waals surface area contributed by atoms with Crippen LogP contribution in [0.15, 0.2) is 24.3 Å². The van der Waals surface area contributed by atoms with Gasteiger partial charge in [-0.2, -0.15) is 0 Å². The van der Waals surface area contributed by atoms with Crippen LogP contribution < -0.4 is 10.1 Å². The molecule has 172 valence electrons. The first-order valence-electron chi connectivity index (χ1n) is 11.8. The maximum absolute atomic E-state index is 13.6. The topological polar surface area (TPSA) is 55.7 Å². The second kappa shape index (κ2) is 11.5. The minimum atomic E-state index is 0.174. The first-order chi connectivity index (χ1) is 15.1. The van der Waals surface area contributed by atoms with Crippen molar-refractivity contribution in [2.45, 2.75) is 71.5 Å². The van der Waals surface area contributed by atoms with Gasteiger partial charge in [-0.1, -0.05) is 12.1 Å². The highest BCUT2D eigenvalue weighted by atomic mass is 16.5. The summed E-state index contributed by atoms with van der Waals surface area (Å²) in [7, 11) is 1.74. The van der Waals surface area contributed by atoms with Gasteiger partial charge < -0.3 is 24.3 Å². The molecule has 3 rings (SSSR count). The zero-order valence-corrected chi connectivity index (χ0v) is 19.7. The Morgan fingerprint density at radius 3 is 2.77 bits per heavy atom. The smallest absolute Gasteiger partial charge is 0.229 e. The normalized spacial score (nSPS) is 16.7. The molecule has 0 unspecified atom stereocenters. The lowest BCUT2D eigenvalue weighted by Gasteiger charge is -2.37. The number of benzene rings is 1. The summed E-state index contributed by atoms with van der Waals surface area (Å²) in [6.45, 7) is 10.4. The molecule has 1 fully saturated rings. The molecule has 31 heavy (non-hydrogen) atoms. The van der Waals surface area contributed by atoms with E-state index < -0.39 is 0 Å². The third-order valence-electron chi connectivity index (χ3n) is 6.12. The standard InChI is InChI=1S/C25H39N3O3/c1-5-31-25-21-12-6-7-13-22(21)27(15-8-9-16-30-4)23(25)17-24(29)28(19(2)3)20-11-10-14-26-18-20/h6-7,12-13,19-20,26H,5,8-11,14-18H2,1-4H3/t20-/m1/s1. The van der Waals surface area contributed by atoms with E-state index in [-0.39, 0.29) is 18.0 Å². The molecule has 2 aromatic rings. The highest BCUT2D eigenvalue weighted by molar-refractivity contribution is 5.91. The molecule has 0 spiro atoms. The van der Waals surface area contributed by atoms with Crippen molar-refractivity contribution in [3.8, 4) is 5.75 Å². The number of hydrogen-bond acceptors (Lipinski definition) is 4. The Morgan fingerprint density at radius 2 is 2.10 bits per heavy atom. The van der Waals surface area contributed by atoms with Crippen molar-refractivity contribution < 1.29 is 14.3 Å². The average molecular weight is 430 g/mol. The SMILES string of the molecule is CCOc1c(CC(=O)N(C(C)C)[C@@H]2CCCNC2)n(CCCCOC)c2ccccc12. The van der Waals surface area contributed by atoms with E-state index in [1.807, 2.05) is 13.0 Å². The number of methoxy groups -OCH3 is 1. The van der Waals surface area contributed by atoms with Gasteiger partial charge in [-0.15, -0.1) is 0 Å². The molecule has 2 heterocycles. The highest BCUT2D eigenvalue weighted by Gasteiger charge is 2.30. The van der Waals surface area contributed by atoms with E-state index in [2.05, 4.69) is 46.8 Å². The number of carbonyl (C=O) groups is 1. The molecular weight excluding hydrogens is 390 g/mol. The number of nitrogens with one attached hydrogen (secondary N) is 1. The number of aromatic nitrogens is 1. The van der Waals surface area contributed by atoms with E-state index >= 15 is 0 Å². The molecule has 0 aliphatic carbocycles. The molecule has 0 radical (unpaired) electrons. The number of hydrogen-bond donors (Lipinski definition) is 1. The van der Waals surface area contributed by atoms with Crippen LogP contribution in [0.3, 0.4) is 0 Å². The monoisotopic (exact) mass is 429 g/mol. The summed E-state index contributed by atoms with van der Waals surface area (Å²) in [5.41, 5.74) is 2.14. The van der Waals surface area contributed by atoms with Gasteiger partial charge in [-0.05, 0) is 65.1 Å². The van der Waals surface area contributed by atoms with E-state index in [9.17, 15) is 4.79 Å². The van der Waals surface area contributed by atoms with Crippen molar-refractivity contribution in [1.29, 1.82) is 0 Å². The minimum Gasteiger partial charge on any atom is -0.491 e. The van der Waals surface area contributed by atoms with Gasteiger partial charge in [0.1, 0.15) is 5.75 Å². The van der Waals surface area contributed by atoms with Crippen LogP contribution in [0.4, 0.5) is 0 Å². The lowest BCUT2D eigenvalue weighted by atomic mass is 10.0. The van der Waals surface area contributed by atoms with Crippen molar-refractivity contribution in [2.24, 2.45) is 0 Å². The molecule has 6 nitrogen and oxygen atoms in total. The molecule has 1 N–H and O–H groups in total. The van der Waals surface area contributed by atoms with Gasteiger partial charge in [0, 0.05) is 44.3 Å². The Bertz CT molecular complexity index is 840. The first-order valence-corrected chi connectivity index (χ1v) is 11.8. The summed E-state index contributed by atoms with van der Waals surface area (Å²) in [5, 5.41) is 4.55. The van der Waals surface area contributed by atoms with Gasteiger partial charge in [0.25, 0.3) is 0 Å². The van der Waals surface area contributed by atoms with Crippen molar-refractivity contribution in [3.63, 3.8) is 0 Å². The van der Waals surface area contributed by atoms with E-state index in [1.54, 1.807) is 7.11 Å². The fourth-order valence-electron chi connectivity index (χ4n) is 4.80. The minimum absolute atomic E-state index is 0.174. The maximum Gasteiger partial charge on any atom is 0.229 e. The van der Waals surface area contributed by atoms with Crippen molar-refractivity contribution in [3.05, 3.63) is 30.0 Å². The Labute approximate surface area is 186 Å². The largest absolute Gasteiger partial charge is 0.491 e. The van der Waals surface area contributed by atoms with E-state index in [0.717, 1.165) is 74.3 Å². The van der Waals surface area contributed by atoms with Gasteiger partial charge in [-0.25, -0.2) is 0 Å². The van der Waals surface area contributed by atoms with E-state index in [1.165, 1.54) is 0 Å². The second-order valence-electron chi connectivity index (χ2n) is 8.65. The number of rotatable bonds is 11. The van der Waals surface area contributed by atoms with Crippen LogP contribution in [0.2, 0.25) is 0 Å². The van der Waals surface area contributed by atoms with Gasteiger partial charge in [0.2, 0.25) is 5.91 Å². The molecule has 1 aliphatic rings. The summed E-state index contributed by atoms with van der Waals surface area (Å²) in [6, 6.07) is 8.77. The Kier molecular flexibility index (Phi) is 8.79. The quantitative estimate of drug-likeness (QED) is 0.549. The number of fused-ring (bicyclic) bond motifs is 1. The molecule has 1 saturated heterocycles. The number of nitrogens with zero attached hydrogens (tertiary/aromatic N) is 2. The Hall–Kier alpha value is -2.05. The average Bonchev–Trinajstić information content (AvgIpc) is 3.05. The number of carbonyl (C=O) groups excluding carboxylic acids is 1. The van der Waals surface area contributed by atoms with Crippen LogP contribution in [0, 0.1) is 0 Å². The predicted octanol–water partition coefficient (Wildman–Crippen LogP) is 4.00. The highest BCUT2D eigenvalue weighted by Crippen LogP contribution is 2.35. The third kappa shape index (κ3) is 5.60. The molecule has 1 amide bonds. The number of unbranched alkanes of at least 4 members (excludes halogenated alkanes) is 1. The fourth-order valence-corrected chi connectivity index (χ4v) is 4.80. The van der Waals surface area contributed by atoms with Gasteiger partial charge >= 0.3 is 0 Å². The summed E-state index contributed by atoms with van der Waals surface area (Å²) in [4.78, 5) is 15.7. The van der Waals surface area contributed by atoms with Crippen LogP contribution in [-0.4, -0.2) is 60.9 Å². The van der Waals surface area contributed by atoms with Crippen LogP contribution >= 0.6 is 0 Å². The molecule has 6 heteroatoms. The zero-order chi connectivity index (χ0) is 22.2. The maximum atomic E-state index is 13.6. The predicted molar refractivity (Wildman–Crippen MR) is 126 cm³/mol. The molecule has 1 aliphatic heterocycles. The van der Waals surface area contributed by atoms with Crippen LogP contribution in [0.5, 0.6) is 5.75 Å². The van der Waals surface area contributed by atoms with Crippen molar-refractivity contribution in [2.75, 3.05) is 33.4 Å². The number of para-hydroxylation sites is 1. The fraction of sp³-hybridized carbons (Fsp3) is 0.640. The van der Waals surface area contributed by atoms with Gasteiger partial charge in [-0.3, -0.25) is 4.79 Å². The van der Waals surface area contributed by atoms with E-state index in [0.29, 0.717) is 13.0 Å². The molecule has 0 saturated carbocycles. The van der Waals surface area contributed by atoms with Crippen LogP contribution in [0.1, 0.15) is 52.1 Å².